The number of aryl methyl sites for hydroxylation is 1. The van der Waals surface area contributed by atoms with Crippen LogP contribution >= 0.6 is 11.3 Å². The summed E-state index contributed by atoms with van der Waals surface area (Å²) in [6.45, 7) is 5.38. The zero-order valence-electron chi connectivity index (χ0n) is 13.9. The summed E-state index contributed by atoms with van der Waals surface area (Å²) >= 11 is 0.722. The Kier molecular flexibility index (Phi) is 5.71. The second-order valence-corrected chi connectivity index (χ2v) is 6.36. The second-order valence-electron chi connectivity index (χ2n) is 5.30. The zero-order valence-corrected chi connectivity index (χ0v) is 14.7. The predicted molar refractivity (Wildman–Crippen MR) is 92.6 cm³/mol. The van der Waals surface area contributed by atoms with Crippen LogP contribution in [0.15, 0.2) is 30.3 Å². The van der Waals surface area contributed by atoms with Crippen LogP contribution in [0.4, 0.5) is 5.00 Å². The SMILES string of the molecule is Cc1cccc(OC(C)C(=O)NNC(=O)c2ccc([N+](=O)[O-])s2)c1C. The summed E-state index contributed by atoms with van der Waals surface area (Å²) in [5.41, 5.74) is 6.43. The molecule has 1 aromatic heterocycles. The van der Waals surface area contributed by atoms with E-state index < -0.39 is 22.8 Å². The minimum atomic E-state index is -0.835. The molecule has 0 saturated heterocycles. The predicted octanol–water partition coefficient (Wildman–Crippen LogP) is 2.50. The van der Waals surface area contributed by atoms with Crippen molar-refractivity contribution in [3.8, 4) is 5.75 Å². The Hall–Kier alpha value is -2.94. The van der Waals surface area contributed by atoms with Gasteiger partial charge in [-0.15, -0.1) is 0 Å². The average molecular weight is 363 g/mol. The minimum Gasteiger partial charge on any atom is -0.481 e. The molecule has 1 unspecified atom stereocenters. The van der Waals surface area contributed by atoms with E-state index in [1.165, 1.54) is 12.1 Å². The highest BCUT2D eigenvalue weighted by Gasteiger charge is 2.19. The van der Waals surface area contributed by atoms with Gasteiger partial charge in [-0.2, -0.15) is 0 Å². The van der Waals surface area contributed by atoms with Gasteiger partial charge in [0.25, 0.3) is 11.8 Å². The third kappa shape index (κ3) is 4.54. The van der Waals surface area contributed by atoms with E-state index in [4.69, 9.17) is 4.74 Å². The van der Waals surface area contributed by atoms with E-state index >= 15 is 0 Å². The van der Waals surface area contributed by atoms with Gasteiger partial charge < -0.3 is 4.74 Å². The van der Waals surface area contributed by atoms with E-state index in [0.717, 1.165) is 22.5 Å². The zero-order chi connectivity index (χ0) is 18.6. The first-order valence-electron chi connectivity index (χ1n) is 7.37. The molecule has 132 valence electrons. The third-order valence-corrected chi connectivity index (χ3v) is 4.56. The number of carbonyl (C=O) groups is 2. The summed E-state index contributed by atoms with van der Waals surface area (Å²) in [5, 5.41) is 10.5. The lowest BCUT2D eigenvalue weighted by Gasteiger charge is -2.17. The number of benzene rings is 1. The first-order valence-corrected chi connectivity index (χ1v) is 8.18. The molecule has 0 bridgehead atoms. The van der Waals surface area contributed by atoms with Crippen LogP contribution < -0.4 is 15.6 Å². The molecular formula is C16H17N3O5S. The van der Waals surface area contributed by atoms with Crippen LogP contribution in [0.3, 0.4) is 0 Å². The highest BCUT2D eigenvalue weighted by atomic mass is 32.1. The lowest BCUT2D eigenvalue weighted by atomic mass is 10.1. The second kappa shape index (κ2) is 7.75. The lowest BCUT2D eigenvalue weighted by Crippen LogP contribution is -2.47. The minimum absolute atomic E-state index is 0.120. The number of hydrogen-bond donors (Lipinski definition) is 2. The van der Waals surface area contributed by atoms with Crippen molar-refractivity contribution in [1.82, 2.24) is 10.9 Å². The number of nitrogens with zero attached hydrogens (tertiary/aromatic N) is 1. The maximum atomic E-state index is 12.0. The topological polar surface area (TPSA) is 111 Å². The Bertz CT molecular complexity index is 818. The molecule has 1 atom stereocenters. The quantitative estimate of drug-likeness (QED) is 0.626. The summed E-state index contributed by atoms with van der Waals surface area (Å²) in [7, 11) is 0. The van der Waals surface area contributed by atoms with Gasteiger partial charge in [0.05, 0.1) is 4.92 Å². The number of hydrogen-bond acceptors (Lipinski definition) is 6. The van der Waals surface area contributed by atoms with Crippen molar-refractivity contribution in [3.63, 3.8) is 0 Å². The molecule has 2 amide bonds. The maximum Gasteiger partial charge on any atom is 0.324 e. The largest absolute Gasteiger partial charge is 0.481 e. The molecule has 2 aromatic rings. The standard InChI is InChI=1S/C16H17N3O5S/c1-9-5-4-6-12(10(9)2)24-11(3)15(20)17-18-16(21)13-7-8-14(25-13)19(22)23/h4-8,11H,1-3H3,(H,17,20)(H,18,21). The van der Waals surface area contributed by atoms with Gasteiger partial charge in [-0.3, -0.25) is 30.6 Å². The molecule has 0 aliphatic rings. The number of rotatable bonds is 5. The third-order valence-electron chi connectivity index (χ3n) is 3.52. The molecule has 0 fully saturated rings. The van der Waals surface area contributed by atoms with Crippen molar-refractivity contribution in [3.05, 3.63) is 56.5 Å². The fourth-order valence-electron chi connectivity index (χ4n) is 1.93. The van der Waals surface area contributed by atoms with Crippen LogP contribution in [0.2, 0.25) is 0 Å². The van der Waals surface area contributed by atoms with Gasteiger partial charge in [0.15, 0.2) is 6.10 Å². The number of hydrazine groups is 1. The molecule has 1 aromatic carbocycles. The first-order chi connectivity index (χ1) is 11.8. The van der Waals surface area contributed by atoms with E-state index in [1.807, 2.05) is 26.0 Å². The summed E-state index contributed by atoms with van der Waals surface area (Å²) in [5.74, 6) is -0.589. The van der Waals surface area contributed by atoms with Crippen molar-refractivity contribution in [1.29, 1.82) is 0 Å². The van der Waals surface area contributed by atoms with E-state index in [-0.39, 0.29) is 9.88 Å². The molecule has 2 N–H and O–H groups in total. The summed E-state index contributed by atoms with van der Waals surface area (Å²) in [6, 6.07) is 8.07. The molecule has 25 heavy (non-hydrogen) atoms. The number of nitrogens with one attached hydrogen (secondary N) is 2. The average Bonchev–Trinajstić information content (AvgIpc) is 3.06. The van der Waals surface area contributed by atoms with E-state index in [1.54, 1.807) is 13.0 Å². The Balaban J connectivity index is 1.91. The van der Waals surface area contributed by atoms with Crippen LogP contribution in [0.5, 0.6) is 5.75 Å². The highest BCUT2D eigenvalue weighted by Crippen LogP contribution is 2.23. The molecule has 9 heteroatoms. The van der Waals surface area contributed by atoms with Crippen molar-refractivity contribution in [2.75, 3.05) is 0 Å². The van der Waals surface area contributed by atoms with E-state index in [9.17, 15) is 19.7 Å². The van der Waals surface area contributed by atoms with Crippen molar-refractivity contribution in [2.24, 2.45) is 0 Å². The number of carbonyl (C=O) groups excluding carboxylic acids is 2. The number of ether oxygens (including phenoxy) is 1. The molecule has 8 nitrogen and oxygen atoms in total. The van der Waals surface area contributed by atoms with E-state index in [0.29, 0.717) is 5.75 Å². The molecule has 1 heterocycles. The van der Waals surface area contributed by atoms with Gasteiger partial charge in [0.2, 0.25) is 0 Å². The number of amides is 2. The van der Waals surface area contributed by atoms with Gasteiger partial charge in [-0.1, -0.05) is 23.5 Å². The molecule has 0 aliphatic heterocycles. The molecule has 0 saturated carbocycles. The normalized spacial score (nSPS) is 11.5. The van der Waals surface area contributed by atoms with Crippen molar-refractivity contribution >= 4 is 28.2 Å². The molecule has 0 radical (unpaired) electrons. The smallest absolute Gasteiger partial charge is 0.324 e. The number of nitro groups is 1. The van der Waals surface area contributed by atoms with E-state index in [2.05, 4.69) is 10.9 Å². The Morgan fingerprint density at radius 1 is 1.20 bits per heavy atom. The summed E-state index contributed by atoms with van der Waals surface area (Å²) < 4.78 is 5.61. The fraction of sp³-hybridized carbons (Fsp3) is 0.250. The van der Waals surface area contributed by atoms with Gasteiger partial charge >= 0.3 is 5.00 Å². The maximum absolute atomic E-state index is 12.0. The summed E-state index contributed by atoms with van der Waals surface area (Å²) in [6.07, 6.45) is -0.835. The highest BCUT2D eigenvalue weighted by molar-refractivity contribution is 7.17. The number of thiophene rings is 1. The van der Waals surface area contributed by atoms with Crippen LogP contribution in [0.1, 0.15) is 27.7 Å². The van der Waals surface area contributed by atoms with Gasteiger partial charge in [-0.25, -0.2) is 0 Å². The van der Waals surface area contributed by atoms with Crippen LogP contribution in [0, 0.1) is 24.0 Å². The van der Waals surface area contributed by atoms with Crippen molar-refractivity contribution in [2.45, 2.75) is 26.9 Å². The molecule has 0 aliphatic carbocycles. The van der Waals surface area contributed by atoms with Gasteiger partial charge in [-0.05, 0) is 44.0 Å². The van der Waals surface area contributed by atoms with Crippen molar-refractivity contribution < 1.29 is 19.2 Å². The van der Waals surface area contributed by atoms with Gasteiger partial charge in [0.1, 0.15) is 10.6 Å². The van der Waals surface area contributed by atoms with Crippen LogP contribution in [-0.2, 0) is 4.79 Å². The molecule has 2 rings (SSSR count). The van der Waals surface area contributed by atoms with Crippen LogP contribution in [-0.4, -0.2) is 22.8 Å². The monoisotopic (exact) mass is 363 g/mol. The molecular weight excluding hydrogens is 346 g/mol. The first kappa shape index (κ1) is 18.4. The Morgan fingerprint density at radius 2 is 1.92 bits per heavy atom. The Labute approximate surface area is 147 Å². The fourth-order valence-corrected chi connectivity index (χ4v) is 2.64. The van der Waals surface area contributed by atoms with Gasteiger partial charge in [0, 0.05) is 6.07 Å². The van der Waals surface area contributed by atoms with Crippen LogP contribution in [0.25, 0.3) is 0 Å². The lowest BCUT2D eigenvalue weighted by molar-refractivity contribution is -0.380. The summed E-state index contributed by atoms with van der Waals surface area (Å²) in [4.78, 5) is 34.1. The Morgan fingerprint density at radius 3 is 2.56 bits per heavy atom. The molecule has 0 spiro atoms.